The monoisotopic (exact) mass is 320 g/mol. The van der Waals surface area contributed by atoms with Crippen molar-refractivity contribution in [3.8, 4) is 11.3 Å². The van der Waals surface area contributed by atoms with Gasteiger partial charge in [0.15, 0.2) is 5.13 Å². The van der Waals surface area contributed by atoms with Crippen LogP contribution in [-0.4, -0.2) is 17.1 Å². The molecule has 2 aromatic rings. The van der Waals surface area contributed by atoms with Crippen LogP contribution in [0.4, 0.5) is 18.3 Å². The Morgan fingerprint density at radius 2 is 1.90 bits per heavy atom. The van der Waals surface area contributed by atoms with Crippen LogP contribution in [0.3, 0.4) is 0 Å². The maximum Gasteiger partial charge on any atom is 0.471 e. The van der Waals surface area contributed by atoms with Crippen LogP contribution in [-0.2, 0) is 4.79 Å². The highest BCUT2D eigenvalue weighted by Gasteiger charge is 2.39. The first kappa shape index (κ1) is 14.8. The molecule has 1 heterocycles. The highest BCUT2D eigenvalue weighted by molar-refractivity contribution is 7.16. The van der Waals surface area contributed by atoms with Gasteiger partial charge < -0.3 is 0 Å². The smallest absolute Gasteiger partial charge is 0.294 e. The Bertz CT molecular complexity index is 637. The average molecular weight is 321 g/mol. The van der Waals surface area contributed by atoms with Crippen molar-refractivity contribution in [3.05, 3.63) is 34.2 Å². The van der Waals surface area contributed by atoms with E-state index in [9.17, 15) is 18.0 Å². The number of amides is 1. The number of halogens is 4. The van der Waals surface area contributed by atoms with Crippen LogP contribution in [0.25, 0.3) is 11.3 Å². The molecule has 106 valence electrons. The summed E-state index contributed by atoms with van der Waals surface area (Å²) in [5, 5.41) is 2.20. The molecule has 0 bridgehead atoms. The number of anilines is 1. The van der Waals surface area contributed by atoms with Crippen LogP contribution in [0.5, 0.6) is 0 Å². The van der Waals surface area contributed by atoms with Crippen molar-refractivity contribution in [2.45, 2.75) is 13.1 Å². The second-order valence-corrected chi connectivity index (χ2v) is 5.52. The van der Waals surface area contributed by atoms with Gasteiger partial charge in [-0.15, -0.1) is 11.3 Å². The molecule has 1 N–H and O–H groups in total. The maximum absolute atomic E-state index is 12.2. The molecule has 0 aliphatic heterocycles. The van der Waals surface area contributed by atoms with Crippen molar-refractivity contribution < 1.29 is 18.0 Å². The Kier molecular flexibility index (Phi) is 4.01. The normalized spacial score (nSPS) is 11.4. The van der Waals surface area contributed by atoms with E-state index in [0.29, 0.717) is 15.6 Å². The van der Waals surface area contributed by atoms with Crippen molar-refractivity contribution in [2.75, 3.05) is 5.32 Å². The van der Waals surface area contributed by atoms with E-state index in [4.69, 9.17) is 11.6 Å². The zero-order chi connectivity index (χ0) is 14.9. The summed E-state index contributed by atoms with van der Waals surface area (Å²) in [6, 6.07) is 6.73. The summed E-state index contributed by atoms with van der Waals surface area (Å²) < 4.78 is 36.5. The van der Waals surface area contributed by atoms with Gasteiger partial charge in [0.2, 0.25) is 0 Å². The summed E-state index contributed by atoms with van der Waals surface area (Å²) in [6.45, 7) is 1.71. The summed E-state index contributed by atoms with van der Waals surface area (Å²) in [6.07, 6.45) is -4.93. The zero-order valence-corrected chi connectivity index (χ0v) is 11.7. The Labute approximate surface area is 121 Å². The second kappa shape index (κ2) is 5.41. The summed E-state index contributed by atoms with van der Waals surface area (Å²) >= 11 is 6.75. The predicted octanol–water partition coefficient (Wildman–Crippen LogP) is 4.27. The van der Waals surface area contributed by atoms with Crippen LogP contribution in [0, 0.1) is 6.92 Å². The quantitative estimate of drug-likeness (QED) is 0.897. The third-order valence-electron chi connectivity index (χ3n) is 2.39. The average Bonchev–Trinajstić information content (AvgIpc) is 2.70. The van der Waals surface area contributed by atoms with Crippen molar-refractivity contribution in [3.63, 3.8) is 0 Å². The Morgan fingerprint density at radius 1 is 1.30 bits per heavy atom. The number of carbonyl (C=O) groups is 1. The number of alkyl halides is 3. The van der Waals surface area contributed by atoms with Gasteiger partial charge in [-0.3, -0.25) is 10.1 Å². The molecule has 0 radical (unpaired) electrons. The first-order chi connectivity index (χ1) is 9.27. The summed E-state index contributed by atoms with van der Waals surface area (Å²) in [4.78, 5) is 15.6. The highest BCUT2D eigenvalue weighted by atomic mass is 35.5. The van der Waals surface area contributed by atoms with Crippen LogP contribution < -0.4 is 5.32 Å². The number of rotatable bonds is 2. The number of thiazole rings is 1. The van der Waals surface area contributed by atoms with Crippen LogP contribution in [0.1, 0.15) is 4.88 Å². The van der Waals surface area contributed by atoms with Crippen molar-refractivity contribution >= 4 is 34.0 Å². The maximum atomic E-state index is 12.2. The van der Waals surface area contributed by atoms with E-state index in [-0.39, 0.29) is 5.13 Å². The highest BCUT2D eigenvalue weighted by Crippen LogP contribution is 2.31. The molecule has 0 aliphatic rings. The molecule has 1 amide bonds. The third kappa shape index (κ3) is 3.29. The molecule has 2 rings (SSSR count). The minimum atomic E-state index is -4.93. The molecule has 0 fully saturated rings. The van der Waals surface area contributed by atoms with E-state index in [1.54, 1.807) is 36.5 Å². The minimum Gasteiger partial charge on any atom is -0.294 e. The second-order valence-electron chi connectivity index (χ2n) is 3.88. The molecule has 8 heteroatoms. The number of carbonyl (C=O) groups excluding carboxylic acids is 1. The van der Waals surface area contributed by atoms with Gasteiger partial charge in [0.1, 0.15) is 0 Å². The van der Waals surface area contributed by atoms with Gasteiger partial charge in [-0.2, -0.15) is 13.2 Å². The lowest BCUT2D eigenvalue weighted by molar-refractivity contribution is -0.167. The Hall–Kier alpha value is -1.60. The molecular weight excluding hydrogens is 313 g/mol. The molecule has 3 nitrogen and oxygen atoms in total. The number of aromatic nitrogens is 1. The fourth-order valence-electron chi connectivity index (χ4n) is 1.49. The van der Waals surface area contributed by atoms with E-state index in [1.807, 2.05) is 0 Å². The Morgan fingerprint density at radius 3 is 2.45 bits per heavy atom. The van der Waals surface area contributed by atoms with Gasteiger partial charge in [0.05, 0.1) is 5.69 Å². The fourth-order valence-corrected chi connectivity index (χ4v) is 2.45. The van der Waals surface area contributed by atoms with Crippen molar-refractivity contribution in [1.29, 1.82) is 0 Å². The van der Waals surface area contributed by atoms with Gasteiger partial charge in [0.25, 0.3) is 0 Å². The molecule has 0 unspecified atom stereocenters. The first-order valence-electron chi connectivity index (χ1n) is 5.39. The third-order valence-corrected chi connectivity index (χ3v) is 3.53. The lowest BCUT2D eigenvalue weighted by atomic mass is 10.1. The number of nitrogens with one attached hydrogen (secondary N) is 1. The fraction of sp³-hybridized carbons (Fsp3) is 0.167. The lowest BCUT2D eigenvalue weighted by Gasteiger charge is -2.04. The molecular formula is C12H8ClF3N2OS. The van der Waals surface area contributed by atoms with Gasteiger partial charge in [-0.05, 0) is 19.1 Å². The molecule has 0 saturated heterocycles. The van der Waals surface area contributed by atoms with E-state index in [0.717, 1.165) is 16.9 Å². The van der Waals surface area contributed by atoms with Crippen LogP contribution >= 0.6 is 22.9 Å². The summed E-state index contributed by atoms with van der Waals surface area (Å²) in [5.41, 5.74) is 1.24. The molecule has 0 saturated carbocycles. The van der Waals surface area contributed by atoms with E-state index < -0.39 is 12.1 Å². The van der Waals surface area contributed by atoms with Gasteiger partial charge >= 0.3 is 12.1 Å². The largest absolute Gasteiger partial charge is 0.471 e. The molecule has 1 aromatic heterocycles. The van der Waals surface area contributed by atoms with Crippen molar-refractivity contribution in [2.24, 2.45) is 0 Å². The number of hydrogen-bond acceptors (Lipinski definition) is 3. The minimum absolute atomic E-state index is 0.0882. The zero-order valence-electron chi connectivity index (χ0n) is 10.1. The van der Waals surface area contributed by atoms with Crippen LogP contribution in [0.2, 0.25) is 5.02 Å². The molecule has 0 atom stereocenters. The van der Waals surface area contributed by atoms with Crippen LogP contribution in [0.15, 0.2) is 24.3 Å². The predicted molar refractivity (Wildman–Crippen MR) is 72.0 cm³/mol. The van der Waals surface area contributed by atoms with E-state index in [1.165, 1.54) is 0 Å². The number of hydrogen-bond donors (Lipinski definition) is 1. The van der Waals surface area contributed by atoms with Gasteiger partial charge in [0, 0.05) is 15.5 Å². The molecule has 1 aromatic carbocycles. The standard InChI is InChI=1S/C12H8ClF3N2OS/c1-6-9(7-2-4-8(13)5-3-7)17-11(20-6)18-10(19)12(14,15)16/h2-5H,1H3,(H,17,18,19). The van der Waals surface area contributed by atoms with Crippen molar-refractivity contribution in [1.82, 2.24) is 4.98 Å². The number of aryl methyl sites for hydroxylation is 1. The lowest BCUT2D eigenvalue weighted by Crippen LogP contribution is -2.29. The summed E-state index contributed by atoms with van der Waals surface area (Å²) in [7, 11) is 0. The first-order valence-corrected chi connectivity index (χ1v) is 6.58. The van der Waals surface area contributed by atoms with E-state index in [2.05, 4.69) is 4.98 Å². The van der Waals surface area contributed by atoms with Gasteiger partial charge in [-0.1, -0.05) is 23.7 Å². The molecule has 0 aliphatic carbocycles. The molecule has 0 spiro atoms. The number of benzene rings is 1. The van der Waals surface area contributed by atoms with Gasteiger partial charge in [-0.25, -0.2) is 4.98 Å². The molecule has 20 heavy (non-hydrogen) atoms. The van der Waals surface area contributed by atoms with E-state index >= 15 is 0 Å². The summed E-state index contributed by atoms with van der Waals surface area (Å²) in [5.74, 6) is -2.03. The SMILES string of the molecule is Cc1sc(NC(=O)C(F)(F)F)nc1-c1ccc(Cl)cc1. The number of nitrogens with zero attached hydrogens (tertiary/aromatic N) is 1. The topological polar surface area (TPSA) is 42.0 Å². The Balaban J connectivity index is 2.26.